The molecule has 0 saturated heterocycles. The zero-order chi connectivity index (χ0) is 18.2. The van der Waals surface area contributed by atoms with Gasteiger partial charge in [-0.2, -0.15) is 0 Å². The second-order valence-corrected chi connectivity index (χ2v) is 6.24. The van der Waals surface area contributed by atoms with Crippen LogP contribution in [0, 0.1) is 12.3 Å². The molecule has 4 nitrogen and oxygen atoms in total. The maximum Gasteiger partial charge on any atom is 0.220 e. The van der Waals surface area contributed by atoms with Crippen molar-refractivity contribution in [3.8, 4) is 12.3 Å². The van der Waals surface area contributed by atoms with E-state index in [1.165, 1.54) is 0 Å². The number of terminal acetylenes is 1. The Labute approximate surface area is 153 Å². The van der Waals surface area contributed by atoms with E-state index >= 15 is 0 Å². The lowest BCUT2D eigenvalue weighted by Crippen LogP contribution is -2.28. The first-order chi connectivity index (χ1) is 12.8. The van der Waals surface area contributed by atoms with Crippen molar-refractivity contribution in [3.05, 3.63) is 66.2 Å². The van der Waals surface area contributed by atoms with Gasteiger partial charge in [0.1, 0.15) is 17.4 Å². The maximum absolute atomic E-state index is 12.4. The summed E-state index contributed by atoms with van der Waals surface area (Å²) in [6, 6.07) is 13.2. The minimum atomic E-state index is -0.352. The highest BCUT2D eigenvalue weighted by molar-refractivity contribution is 5.79. The summed E-state index contributed by atoms with van der Waals surface area (Å²) in [5.41, 5.74) is 1.70. The number of unbranched alkanes of at least 4 members (excludes halogenated alkanes) is 3. The van der Waals surface area contributed by atoms with Crippen LogP contribution in [0.4, 0.5) is 0 Å². The average Bonchev–Trinajstić information content (AvgIpc) is 3.10. The molecule has 0 aliphatic rings. The van der Waals surface area contributed by atoms with Gasteiger partial charge in [-0.15, -0.1) is 12.3 Å². The van der Waals surface area contributed by atoms with Crippen LogP contribution >= 0.6 is 0 Å². The number of furan rings is 1. The molecule has 0 aliphatic carbocycles. The summed E-state index contributed by atoms with van der Waals surface area (Å²) in [6.07, 6.45) is 12.7. The first kappa shape index (κ1) is 17.8. The topological polar surface area (TPSA) is 55.1 Å². The lowest BCUT2D eigenvalue weighted by Gasteiger charge is -2.16. The fourth-order valence-corrected chi connectivity index (χ4v) is 2.93. The summed E-state index contributed by atoms with van der Waals surface area (Å²) >= 11 is 0. The predicted octanol–water partition coefficient (Wildman–Crippen LogP) is 4.62. The largest absolute Gasteiger partial charge is 0.459 e. The molecule has 2 heterocycles. The van der Waals surface area contributed by atoms with Crippen LogP contribution in [-0.4, -0.2) is 10.9 Å². The molecule has 26 heavy (non-hydrogen) atoms. The number of para-hydroxylation sites is 1. The third-order valence-electron chi connectivity index (χ3n) is 4.28. The van der Waals surface area contributed by atoms with Gasteiger partial charge in [-0.05, 0) is 31.0 Å². The molecule has 1 unspecified atom stereocenters. The summed E-state index contributed by atoms with van der Waals surface area (Å²) in [5.74, 6) is 3.33. The Hall–Kier alpha value is -3.06. The van der Waals surface area contributed by atoms with Crippen molar-refractivity contribution in [2.24, 2.45) is 0 Å². The SMILES string of the molecule is C#CCCCCCC(=O)NC(c1cccnc1)c1cc2ccccc2o1. The van der Waals surface area contributed by atoms with Crippen LogP contribution in [-0.2, 0) is 4.79 Å². The number of aromatic nitrogens is 1. The molecule has 1 atom stereocenters. The van der Waals surface area contributed by atoms with Crippen LogP contribution < -0.4 is 5.32 Å². The van der Waals surface area contributed by atoms with E-state index in [2.05, 4.69) is 16.2 Å². The normalized spacial score (nSPS) is 11.8. The number of hydrogen-bond acceptors (Lipinski definition) is 3. The highest BCUT2D eigenvalue weighted by Crippen LogP contribution is 2.28. The van der Waals surface area contributed by atoms with Crippen molar-refractivity contribution in [2.45, 2.75) is 38.1 Å². The molecule has 0 saturated carbocycles. The Morgan fingerprint density at radius 2 is 2.08 bits per heavy atom. The predicted molar refractivity (Wildman–Crippen MR) is 102 cm³/mol. The van der Waals surface area contributed by atoms with E-state index in [0.717, 1.165) is 42.2 Å². The lowest BCUT2D eigenvalue weighted by molar-refractivity contribution is -0.121. The van der Waals surface area contributed by atoms with Crippen LogP contribution in [0.15, 0.2) is 59.3 Å². The zero-order valence-electron chi connectivity index (χ0n) is 14.7. The van der Waals surface area contributed by atoms with Crippen molar-refractivity contribution < 1.29 is 9.21 Å². The van der Waals surface area contributed by atoms with Gasteiger partial charge in [0.05, 0.1) is 0 Å². The first-order valence-corrected chi connectivity index (χ1v) is 8.89. The summed E-state index contributed by atoms with van der Waals surface area (Å²) in [4.78, 5) is 16.6. The Balaban J connectivity index is 1.74. The highest BCUT2D eigenvalue weighted by Gasteiger charge is 2.21. The van der Waals surface area contributed by atoms with E-state index < -0.39 is 0 Å². The van der Waals surface area contributed by atoms with E-state index in [9.17, 15) is 4.79 Å². The molecule has 1 amide bonds. The number of hydrogen-bond donors (Lipinski definition) is 1. The van der Waals surface area contributed by atoms with Gasteiger partial charge < -0.3 is 9.73 Å². The first-order valence-electron chi connectivity index (χ1n) is 8.89. The van der Waals surface area contributed by atoms with Gasteiger partial charge >= 0.3 is 0 Å². The van der Waals surface area contributed by atoms with Crippen LogP contribution in [0.5, 0.6) is 0 Å². The minimum absolute atomic E-state index is 0.0000156. The van der Waals surface area contributed by atoms with Crippen LogP contribution in [0.2, 0.25) is 0 Å². The number of nitrogens with zero attached hydrogens (tertiary/aromatic N) is 1. The van der Waals surface area contributed by atoms with E-state index in [1.54, 1.807) is 12.4 Å². The van der Waals surface area contributed by atoms with Gasteiger partial charge in [0, 0.05) is 36.2 Å². The van der Waals surface area contributed by atoms with Gasteiger partial charge in [-0.25, -0.2) is 0 Å². The summed E-state index contributed by atoms with van der Waals surface area (Å²) in [7, 11) is 0. The number of carbonyl (C=O) groups is 1. The van der Waals surface area contributed by atoms with Crippen molar-refractivity contribution in [3.63, 3.8) is 0 Å². The van der Waals surface area contributed by atoms with Gasteiger partial charge in [-0.3, -0.25) is 9.78 Å². The average molecular weight is 346 g/mol. The monoisotopic (exact) mass is 346 g/mol. The van der Waals surface area contributed by atoms with Crippen LogP contribution in [0.1, 0.15) is 49.5 Å². The number of amides is 1. The Morgan fingerprint density at radius 3 is 2.85 bits per heavy atom. The number of rotatable bonds is 8. The number of carbonyl (C=O) groups excluding carboxylic acids is 1. The van der Waals surface area contributed by atoms with E-state index in [-0.39, 0.29) is 11.9 Å². The van der Waals surface area contributed by atoms with Gasteiger partial charge in [0.15, 0.2) is 0 Å². The molecule has 1 aromatic carbocycles. The van der Waals surface area contributed by atoms with E-state index in [0.29, 0.717) is 12.2 Å². The number of benzene rings is 1. The molecule has 0 aliphatic heterocycles. The van der Waals surface area contributed by atoms with Crippen LogP contribution in [0.3, 0.4) is 0 Å². The molecular weight excluding hydrogens is 324 g/mol. The number of nitrogens with one attached hydrogen (secondary N) is 1. The summed E-state index contributed by atoms with van der Waals surface area (Å²) in [5, 5.41) is 4.10. The third kappa shape index (κ3) is 4.52. The fraction of sp³-hybridized carbons (Fsp3) is 0.273. The zero-order valence-corrected chi connectivity index (χ0v) is 14.7. The Kier molecular flexibility index (Phi) is 6.05. The standard InChI is InChI=1S/C22H22N2O2/c1-2-3-4-5-6-13-21(25)24-22(18-11-9-14-23-16-18)20-15-17-10-7-8-12-19(17)26-20/h1,7-12,14-16,22H,3-6,13H2,(H,24,25). The molecule has 1 N–H and O–H groups in total. The molecular formula is C22H22N2O2. The third-order valence-corrected chi connectivity index (χ3v) is 4.28. The van der Waals surface area contributed by atoms with Crippen molar-refractivity contribution in [1.29, 1.82) is 0 Å². The molecule has 132 valence electrons. The number of pyridine rings is 1. The summed E-state index contributed by atoms with van der Waals surface area (Å²) in [6.45, 7) is 0. The number of fused-ring (bicyclic) bond motifs is 1. The fourth-order valence-electron chi connectivity index (χ4n) is 2.93. The van der Waals surface area contributed by atoms with Crippen molar-refractivity contribution >= 4 is 16.9 Å². The molecule has 4 heteroatoms. The molecule has 0 bridgehead atoms. The van der Waals surface area contributed by atoms with Crippen molar-refractivity contribution in [2.75, 3.05) is 0 Å². The van der Waals surface area contributed by atoms with Crippen LogP contribution in [0.25, 0.3) is 11.0 Å². The molecule has 3 aromatic rings. The molecule has 0 radical (unpaired) electrons. The Bertz CT molecular complexity index is 860. The minimum Gasteiger partial charge on any atom is -0.459 e. The van der Waals surface area contributed by atoms with E-state index in [1.807, 2.05) is 42.5 Å². The second-order valence-electron chi connectivity index (χ2n) is 6.24. The Morgan fingerprint density at radius 1 is 1.19 bits per heavy atom. The molecule has 0 fully saturated rings. The molecule has 3 rings (SSSR count). The van der Waals surface area contributed by atoms with Gasteiger partial charge in [0.25, 0.3) is 0 Å². The van der Waals surface area contributed by atoms with Crippen molar-refractivity contribution in [1.82, 2.24) is 10.3 Å². The quantitative estimate of drug-likeness (QED) is 0.478. The lowest BCUT2D eigenvalue weighted by atomic mass is 10.1. The molecule has 2 aromatic heterocycles. The second kappa shape index (κ2) is 8.87. The molecule has 0 spiro atoms. The van der Waals surface area contributed by atoms with E-state index in [4.69, 9.17) is 10.8 Å². The smallest absolute Gasteiger partial charge is 0.220 e. The van der Waals surface area contributed by atoms with Gasteiger partial charge in [0.2, 0.25) is 5.91 Å². The van der Waals surface area contributed by atoms with Gasteiger partial charge in [-0.1, -0.05) is 30.7 Å². The highest BCUT2D eigenvalue weighted by atomic mass is 16.3. The summed E-state index contributed by atoms with van der Waals surface area (Å²) < 4.78 is 5.98. The maximum atomic E-state index is 12.4.